The van der Waals surface area contributed by atoms with Gasteiger partial charge < -0.3 is 15.5 Å². The van der Waals surface area contributed by atoms with Crippen LogP contribution in [-0.4, -0.2) is 46.9 Å². The molecule has 0 radical (unpaired) electrons. The maximum atomic E-state index is 15.3. The molecule has 3 aromatic rings. The van der Waals surface area contributed by atoms with Crippen LogP contribution in [0.4, 0.5) is 10.2 Å². The molecule has 0 saturated heterocycles. The first kappa shape index (κ1) is 24.6. The van der Waals surface area contributed by atoms with Gasteiger partial charge in [0.05, 0.1) is 25.7 Å². The largest absolute Gasteiger partial charge is 0.386 e. The number of anilines is 1. The SMILES string of the molecule is Cc1c(C(=O)Nc2ccc(F)c([C@@]3(C)N=C(N)C(C)(C)[S@@]4(=O)=NCCC[C@@H]34)n2)nc2ccc(Cl)cn12. The molecule has 2 aliphatic rings. The van der Waals surface area contributed by atoms with E-state index in [4.69, 9.17) is 17.3 Å². The molecule has 0 unspecified atom stereocenters. The van der Waals surface area contributed by atoms with Gasteiger partial charge in [-0.1, -0.05) is 11.6 Å². The van der Waals surface area contributed by atoms with Crippen LogP contribution in [0.3, 0.4) is 0 Å². The Morgan fingerprint density at radius 2 is 2.00 bits per heavy atom. The minimum absolute atomic E-state index is 0.0351. The normalized spacial score (nSPS) is 27.2. The Morgan fingerprint density at radius 3 is 2.75 bits per heavy atom. The summed E-state index contributed by atoms with van der Waals surface area (Å²) in [6.45, 7) is 7.42. The van der Waals surface area contributed by atoms with Crippen molar-refractivity contribution in [3.05, 3.63) is 58.4 Å². The van der Waals surface area contributed by atoms with E-state index < -0.39 is 37.0 Å². The second-order valence-corrected chi connectivity index (χ2v) is 13.2. The van der Waals surface area contributed by atoms with Crippen molar-refractivity contribution in [1.29, 1.82) is 0 Å². The molecule has 5 rings (SSSR count). The molecule has 0 spiro atoms. The van der Waals surface area contributed by atoms with E-state index in [0.29, 0.717) is 35.8 Å². The molecule has 1 amide bonds. The zero-order valence-electron chi connectivity index (χ0n) is 20.4. The highest BCUT2D eigenvalue weighted by atomic mass is 35.5. The van der Waals surface area contributed by atoms with Crippen LogP contribution in [0.15, 0.2) is 39.8 Å². The van der Waals surface area contributed by atoms with Gasteiger partial charge in [-0.05, 0) is 64.8 Å². The lowest BCUT2D eigenvalue weighted by Gasteiger charge is -2.47. The Hall–Kier alpha value is -3.05. The van der Waals surface area contributed by atoms with Crippen molar-refractivity contribution in [1.82, 2.24) is 14.4 Å². The maximum absolute atomic E-state index is 15.3. The summed E-state index contributed by atoms with van der Waals surface area (Å²) in [6, 6.07) is 5.98. The van der Waals surface area contributed by atoms with Crippen molar-refractivity contribution in [2.75, 3.05) is 11.9 Å². The van der Waals surface area contributed by atoms with Crippen LogP contribution in [0, 0.1) is 12.7 Å². The van der Waals surface area contributed by atoms with E-state index in [1.54, 1.807) is 50.4 Å². The fourth-order valence-electron chi connectivity index (χ4n) is 5.04. The van der Waals surface area contributed by atoms with Crippen molar-refractivity contribution >= 4 is 44.5 Å². The van der Waals surface area contributed by atoms with Crippen molar-refractivity contribution in [3.8, 4) is 0 Å². The van der Waals surface area contributed by atoms with Crippen molar-refractivity contribution in [3.63, 3.8) is 0 Å². The van der Waals surface area contributed by atoms with E-state index >= 15 is 4.39 Å². The topological polar surface area (TPSA) is 127 Å². The zero-order valence-corrected chi connectivity index (χ0v) is 22.0. The number of rotatable bonds is 3. The van der Waals surface area contributed by atoms with E-state index in [-0.39, 0.29) is 23.0 Å². The number of halogens is 2. The third-order valence-electron chi connectivity index (χ3n) is 7.22. The minimum atomic E-state index is -2.88. The lowest BCUT2D eigenvalue weighted by atomic mass is 9.89. The molecular formula is C24H27ClFN7O2S. The molecule has 0 saturated carbocycles. The van der Waals surface area contributed by atoms with Gasteiger partial charge in [0, 0.05) is 12.7 Å². The number of aliphatic imine (C=N–C) groups is 1. The summed E-state index contributed by atoms with van der Waals surface area (Å²) in [5.41, 5.74) is 6.29. The Balaban J connectivity index is 1.56. The van der Waals surface area contributed by atoms with Gasteiger partial charge >= 0.3 is 0 Å². The Kier molecular flexibility index (Phi) is 5.64. The fraction of sp³-hybridized carbons (Fsp3) is 0.417. The molecule has 190 valence electrons. The summed E-state index contributed by atoms with van der Waals surface area (Å²) in [5.74, 6) is -0.874. The Labute approximate surface area is 213 Å². The first-order valence-electron chi connectivity index (χ1n) is 11.6. The summed E-state index contributed by atoms with van der Waals surface area (Å²) < 4.78 is 34.7. The number of nitrogens with one attached hydrogen (secondary N) is 1. The predicted octanol–water partition coefficient (Wildman–Crippen LogP) is 4.08. The Bertz CT molecular complexity index is 1570. The van der Waals surface area contributed by atoms with Gasteiger partial charge in [-0.25, -0.2) is 22.9 Å². The average Bonchev–Trinajstić information content (AvgIpc) is 3.15. The molecule has 0 aromatic carbocycles. The number of nitrogens with zero attached hydrogens (tertiary/aromatic N) is 5. The number of hydrogen-bond donors (Lipinski definition) is 2. The second-order valence-electron chi connectivity index (χ2n) is 9.81. The second kappa shape index (κ2) is 8.24. The zero-order chi connectivity index (χ0) is 26.0. The number of pyridine rings is 2. The summed E-state index contributed by atoms with van der Waals surface area (Å²) in [6.07, 6.45) is 2.92. The van der Waals surface area contributed by atoms with Gasteiger partial charge in [0.25, 0.3) is 5.91 Å². The molecule has 0 bridgehead atoms. The monoisotopic (exact) mass is 531 g/mol. The molecule has 3 N–H and O–H groups in total. The van der Waals surface area contributed by atoms with Crippen LogP contribution < -0.4 is 11.1 Å². The molecule has 3 aromatic heterocycles. The van der Waals surface area contributed by atoms with Crippen molar-refractivity contribution < 1.29 is 13.4 Å². The van der Waals surface area contributed by atoms with Crippen LogP contribution in [-0.2, 0) is 15.3 Å². The van der Waals surface area contributed by atoms with Gasteiger partial charge in [-0.15, -0.1) is 0 Å². The van der Waals surface area contributed by atoms with E-state index in [9.17, 15) is 9.00 Å². The van der Waals surface area contributed by atoms with Crippen LogP contribution in [0.5, 0.6) is 0 Å². The number of hydrogen-bond acceptors (Lipinski definition) is 7. The third-order valence-corrected chi connectivity index (χ3v) is 11.2. The number of nitrogens with two attached hydrogens (primary N) is 1. The molecule has 0 aliphatic carbocycles. The van der Waals surface area contributed by atoms with Crippen LogP contribution in [0.25, 0.3) is 5.65 Å². The fourth-order valence-corrected chi connectivity index (χ4v) is 8.43. The minimum Gasteiger partial charge on any atom is -0.386 e. The number of fused-ring (bicyclic) bond motifs is 2. The summed E-state index contributed by atoms with van der Waals surface area (Å²) >= 11 is 6.07. The molecular weight excluding hydrogens is 505 g/mol. The number of aromatic nitrogens is 3. The van der Waals surface area contributed by atoms with Gasteiger partial charge in [0.1, 0.15) is 39.1 Å². The van der Waals surface area contributed by atoms with Gasteiger partial charge in [0.2, 0.25) is 0 Å². The van der Waals surface area contributed by atoms with Crippen LogP contribution >= 0.6 is 11.6 Å². The summed E-state index contributed by atoms with van der Waals surface area (Å²) in [4.78, 5) is 26.6. The third kappa shape index (κ3) is 3.51. The molecule has 5 heterocycles. The van der Waals surface area contributed by atoms with E-state index in [0.717, 1.165) is 0 Å². The molecule has 0 fully saturated rings. The summed E-state index contributed by atoms with van der Waals surface area (Å²) in [7, 11) is -2.88. The van der Waals surface area contributed by atoms with E-state index in [1.165, 1.54) is 12.1 Å². The molecule has 9 nitrogen and oxygen atoms in total. The maximum Gasteiger partial charge on any atom is 0.277 e. The highest BCUT2D eigenvalue weighted by molar-refractivity contribution is 7.96. The molecule has 3 atom stereocenters. The predicted molar refractivity (Wildman–Crippen MR) is 139 cm³/mol. The molecule has 36 heavy (non-hydrogen) atoms. The van der Waals surface area contributed by atoms with E-state index in [2.05, 4.69) is 24.6 Å². The van der Waals surface area contributed by atoms with E-state index in [1.807, 2.05) is 0 Å². The highest BCUT2D eigenvalue weighted by Gasteiger charge is 2.56. The standard InChI is InChI=1S/C24H27ClFN7O2S/c1-13-19(31-18-10-7-14(25)12-33(13)18)21(34)30-17-9-8-15(26)20(29-17)24(4)16-6-5-11-28-36(16,35)23(2,3)22(27)32-24/h7-10,12,16H,5-6,11H2,1-4H3,(H2,27,32)(H,29,30,34)/t16-,24-,36+/m0/s1. The number of amides is 1. The lowest BCUT2D eigenvalue weighted by molar-refractivity contribution is 0.102. The highest BCUT2D eigenvalue weighted by Crippen LogP contribution is 2.47. The van der Waals surface area contributed by atoms with Gasteiger partial charge in [0.15, 0.2) is 5.69 Å². The smallest absolute Gasteiger partial charge is 0.277 e. The summed E-state index contributed by atoms with van der Waals surface area (Å²) in [5, 5.41) is 2.63. The Morgan fingerprint density at radius 1 is 1.25 bits per heavy atom. The number of carbonyl (C=O) groups excluding carboxylic acids is 1. The quantitative estimate of drug-likeness (QED) is 0.526. The number of imidazole rings is 1. The van der Waals surface area contributed by atoms with Crippen molar-refractivity contribution in [2.45, 2.75) is 56.1 Å². The first-order valence-corrected chi connectivity index (χ1v) is 13.5. The number of aryl methyl sites for hydroxylation is 1. The molecule has 2 aliphatic heterocycles. The van der Waals surface area contributed by atoms with Crippen molar-refractivity contribution in [2.24, 2.45) is 15.1 Å². The average molecular weight is 532 g/mol. The van der Waals surface area contributed by atoms with Gasteiger partial charge in [-0.2, -0.15) is 0 Å². The number of carbonyl (C=O) groups is 1. The van der Waals surface area contributed by atoms with Crippen LogP contribution in [0.1, 0.15) is 55.5 Å². The first-order chi connectivity index (χ1) is 16.9. The number of amidine groups is 1. The van der Waals surface area contributed by atoms with Gasteiger partial charge in [-0.3, -0.25) is 9.79 Å². The molecule has 12 heteroatoms. The lowest BCUT2D eigenvalue weighted by Crippen LogP contribution is -2.60. The van der Waals surface area contributed by atoms with Crippen LogP contribution in [0.2, 0.25) is 5.02 Å².